The van der Waals surface area contributed by atoms with Crippen LogP contribution in [0.4, 0.5) is 13.2 Å². The number of unbranched alkanes of at least 4 members (excludes halogenated alkanes) is 5. The van der Waals surface area contributed by atoms with Gasteiger partial charge in [0.2, 0.25) is 0 Å². The molecule has 1 heterocycles. The van der Waals surface area contributed by atoms with E-state index in [1.165, 1.54) is 37.7 Å². The topological polar surface area (TPSA) is 20.3 Å². The zero-order chi connectivity index (χ0) is 18.3. The molecule has 0 spiro atoms. The van der Waals surface area contributed by atoms with Gasteiger partial charge in [-0.3, -0.25) is 4.79 Å². The number of nitrogens with zero attached hydrogens (tertiary/aromatic N) is 1. The lowest BCUT2D eigenvalue weighted by Gasteiger charge is -2.21. The maximum atomic E-state index is 12.6. The van der Waals surface area contributed by atoms with Gasteiger partial charge in [0, 0.05) is 13.1 Å². The fraction of sp³-hybridized carbons (Fsp3) is 0.650. The molecule has 0 saturated carbocycles. The van der Waals surface area contributed by atoms with Crippen molar-refractivity contribution in [2.45, 2.75) is 70.9 Å². The molecule has 0 saturated heterocycles. The summed E-state index contributed by atoms with van der Waals surface area (Å²) in [4.78, 5) is 12.4. The van der Waals surface area contributed by atoms with Crippen LogP contribution in [-0.2, 0) is 24.1 Å². The Balaban J connectivity index is 1.88. The number of fused-ring (bicyclic) bond motifs is 1. The summed E-state index contributed by atoms with van der Waals surface area (Å²) >= 11 is 0. The summed E-state index contributed by atoms with van der Waals surface area (Å²) in [7, 11) is 0. The molecule has 0 bridgehead atoms. The smallest absolute Gasteiger partial charge is 0.334 e. The molecule has 0 atom stereocenters. The van der Waals surface area contributed by atoms with E-state index in [4.69, 9.17) is 0 Å². The molecule has 1 aliphatic heterocycles. The van der Waals surface area contributed by atoms with E-state index in [0.29, 0.717) is 12.8 Å². The van der Waals surface area contributed by atoms with Gasteiger partial charge in [-0.15, -0.1) is 0 Å². The maximum absolute atomic E-state index is 12.6. The van der Waals surface area contributed by atoms with Gasteiger partial charge in [-0.05, 0) is 42.4 Å². The van der Waals surface area contributed by atoms with E-state index in [1.807, 2.05) is 6.07 Å². The van der Waals surface area contributed by atoms with Gasteiger partial charge in [0.15, 0.2) is 0 Å². The fourth-order valence-electron chi connectivity index (χ4n) is 3.43. The van der Waals surface area contributed by atoms with Crippen molar-refractivity contribution in [1.29, 1.82) is 0 Å². The molecule has 0 aliphatic carbocycles. The Morgan fingerprint density at radius 2 is 1.64 bits per heavy atom. The predicted octanol–water partition coefficient (Wildman–Crippen LogP) is 5.08. The molecule has 25 heavy (non-hydrogen) atoms. The number of alkyl halides is 3. The van der Waals surface area contributed by atoms with Crippen LogP contribution in [0.1, 0.15) is 62.1 Å². The number of benzene rings is 1. The Morgan fingerprint density at radius 3 is 2.32 bits per heavy atom. The SMILES string of the molecule is CCCCCCCCc1ccc2c(c1)CCN(C(=O)C(F)(F)F)CC2. The average Bonchev–Trinajstić information content (AvgIpc) is 2.78. The lowest BCUT2D eigenvalue weighted by molar-refractivity contribution is -0.185. The second-order valence-corrected chi connectivity index (χ2v) is 6.91. The summed E-state index contributed by atoms with van der Waals surface area (Å²) in [6.45, 7) is 2.49. The van der Waals surface area contributed by atoms with E-state index < -0.39 is 12.1 Å². The minimum absolute atomic E-state index is 0.141. The van der Waals surface area contributed by atoms with Crippen LogP contribution >= 0.6 is 0 Å². The highest BCUT2D eigenvalue weighted by molar-refractivity contribution is 5.82. The Hall–Kier alpha value is -1.52. The Labute approximate surface area is 148 Å². The van der Waals surface area contributed by atoms with Crippen LogP contribution in [-0.4, -0.2) is 30.1 Å². The van der Waals surface area contributed by atoms with E-state index >= 15 is 0 Å². The number of rotatable bonds is 7. The highest BCUT2D eigenvalue weighted by Crippen LogP contribution is 2.23. The first-order chi connectivity index (χ1) is 11.9. The molecule has 1 amide bonds. The third-order valence-corrected chi connectivity index (χ3v) is 4.92. The minimum atomic E-state index is -4.78. The van der Waals surface area contributed by atoms with Gasteiger partial charge in [0.05, 0.1) is 0 Å². The molecule has 140 valence electrons. The van der Waals surface area contributed by atoms with Crippen molar-refractivity contribution in [1.82, 2.24) is 4.90 Å². The lowest BCUT2D eigenvalue weighted by Crippen LogP contribution is -2.42. The first-order valence-electron chi connectivity index (χ1n) is 9.38. The van der Waals surface area contributed by atoms with Crippen LogP contribution in [0.25, 0.3) is 0 Å². The number of halogens is 3. The molecule has 1 aromatic carbocycles. The minimum Gasteiger partial charge on any atom is -0.334 e. The van der Waals surface area contributed by atoms with Crippen LogP contribution in [0.5, 0.6) is 0 Å². The Bertz CT molecular complexity index is 569. The monoisotopic (exact) mass is 355 g/mol. The number of hydrogen-bond donors (Lipinski definition) is 0. The van der Waals surface area contributed by atoms with Gasteiger partial charge < -0.3 is 4.90 Å². The summed E-state index contributed by atoms with van der Waals surface area (Å²) in [5, 5.41) is 0. The van der Waals surface area contributed by atoms with Gasteiger partial charge in [-0.1, -0.05) is 57.2 Å². The van der Waals surface area contributed by atoms with Gasteiger partial charge in [0.25, 0.3) is 0 Å². The highest BCUT2D eigenvalue weighted by atomic mass is 19.4. The fourth-order valence-corrected chi connectivity index (χ4v) is 3.43. The molecule has 0 N–H and O–H groups in total. The summed E-state index contributed by atoms with van der Waals surface area (Å²) < 4.78 is 37.9. The number of carbonyl (C=O) groups is 1. The standard InChI is InChI=1S/C20H28F3NO/c1-2-3-4-5-6-7-8-16-9-10-17-11-13-24(14-12-18(17)15-16)19(25)20(21,22)23/h9-10,15H,2-8,11-14H2,1H3. The first-order valence-corrected chi connectivity index (χ1v) is 9.38. The molecule has 0 aromatic heterocycles. The molecule has 2 rings (SSSR count). The van der Waals surface area contributed by atoms with Crippen LogP contribution in [0.2, 0.25) is 0 Å². The van der Waals surface area contributed by atoms with Crippen molar-refractivity contribution >= 4 is 5.91 Å². The van der Waals surface area contributed by atoms with Crippen LogP contribution in [0.15, 0.2) is 18.2 Å². The first kappa shape index (κ1) is 19.8. The normalized spacial score (nSPS) is 15.0. The van der Waals surface area contributed by atoms with Crippen LogP contribution in [0, 0.1) is 0 Å². The van der Waals surface area contributed by atoms with Gasteiger partial charge in [-0.25, -0.2) is 0 Å². The summed E-state index contributed by atoms with van der Waals surface area (Å²) in [5.41, 5.74) is 3.43. The quantitative estimate of drug-likeness (QED) is 0.625. The highest BCUT2D eigenvalue weighted by Gasteiger charge is 2.42. The maximum Gasteiger partial charge on any atom is 0.471 e. The van der Waals surface area contributed by atoms with E-state index in [9.17, 15) is 18.0 Å². The molecule has 0 fully saturated rings. The molecule has 0 radical (unpaired) electrons. The molecular formula is C20H28F3NO. The molecule has 1 aromatic rings. The molecule has 0 unspecified atom stereocenters. The zero-order valence-electron chi connectivity index (χ0n) is 15.0. The van der Waals surface area contributed by atoms with Gasteiger partial charge >= 0.3 is 12.1 Å². The van der Waals surface area contributed by atoms with Crippen molar-refractivity contribution in [2.24, 2.45) is 0 Å². The van der Waals surface area contributed by atoms with Crippen LogP contribution < -0.4 is 0 Å². The number of carbonyl (C=O) groups excluding carboxylic acids is 1. The second kappa shape index (κ2) is 9.25. The van der Waals surface area contributed by atoms with Gasteiger partial charge in [0.1, 0.15) is 0 Å². The van der Waals surface area contributed by atoms with E-state index in [0.717, 1.165) is 28.9 Å². The van der Waals surface area contributed by atoms with Gasteiger partial charge in [-0.2, -0.15) is 13.2 Å². The number of hydrogen-bond acceptors (Lipinski definition) is 1. The molecule has 2 nitrogen and oxygen atoms in total. The van der Waals surface area contributed by atoms with E-state index in [1.54, 1.807) is 0 Å². The third-order valence-electron chi connectivity index (χ3n) is 4.92. The number of aryl methyl sites for hydroxylation is 1. The van der Waals surface area contributed by atoms with Crippen molar-refractivity contribution < 1.29 is 18.0 Å². The van der Waals surface area contributed by atoms with Crippen molar-refractivity contribution in [3.8, 4) is 0 Å². The average molecular weight is 355 g/mol. The Morgan fingerprint density at radius 1 is 1.00 bits per heavy atom. The van der Waals surface area contributed by atoms with Crippen LogP contribution in [0.3, 0.4) is 0 Å². The van der Waals surface area contributed by atoms with E-state index in [2.05, 4.69) is 19.1 Å². The second-order valence-electron chi connectivity index (χ2n) is 6.91. The third kappa shape index (κ3) is 6.05. The molecule has 5 heteroatoms. The van der Waals surface area contributed by atoms with Crippen molar-refractivity contribution in [2.75, 3.05) is 13.1 Å². The molecule has 1 aliphatic rings. The Kier molecular flexibility index (Phi) is 7.33. The summed E-state index contributed by atoms with van der Waals surface area (Å²) in [6.07, 6.45) is 4.73. The van der Waals surface area contributed by atoms with Crippen molar-refractivity contribution in [3.05, 3.63) is 34.9 Å². The van der Waals surface area contributed by atoms with Crippen molar-refractivity contribution in [3.63, 3.8) is 0 Å². The summed E-state index contributed by atoms with van der Waals surface area (Å²) in [6, 6.07) is 6.25. The largest absolute Gasteiger partial charge is 0.471 e. The lowest BCUT2D eigenvalue weighted by atomic mass is 9.97. The van der Waals surface area contributed by atoms with E-state index in [-0.39, 0.29) is 13.1 Å². The summed E-state index contributed by atoms with van der Waals surface area (Å²) in [5.74, 6) is -1.72. The zero-order valence-corrected chi connectivity index (χ0v) is 15.0. The predicted molar refractivity (Wildman–Crippen MR) is 93.6 cm³/mol. The molecular weight excluding hydrogens is 327 g/mol. The number of amides is 1.